The molecule has 0 spiro atoms. The maximum atomic E-state index is 12.6. The fraction of sp³-hybridized carbons (Fsp3) is 0.400. The van der Waals surface area contributed by atoms with Gasteiger partial charge in [-0.1, -0.05) is 26.8 Å². The molecule has 1 atom stereocenters. The van der Waals surface area contributed by atoms with Crippen LogP contribution in [0.2, 0.25) is 0 Å². The SMILES string of the molecule is CC(C)(C)c1ccc(O)c(NC(=O)C2CC(=O)N(Cc3ccco3)C2)c1. The Morgan fingerprint density at radius 2 is 2.12 bits per heavy atom. The molecule has 0 saturated carbocycles. The first kappa shape index (κ1) is 18.0. The van der Waals surface area contributed by atoms with Crippen LogP contribution in [0.4, 0.5) is 5.69 Å². The highest BCUT2D eigenvalue weighted by molar-refractivity contribution is 5.98. The van der Waals surface area contributed by atoms with Gasteiger partial charge in [-0.05, 0) is 35.2 Å². The zero-order chi connectivity index (χ0) is 18.9. The Hall–Kier alpha value is -2.76. The molecule has 1 aliphatic rings. The highest BCUT2D eigenvalue weighted by atomic mass is 16.3. The van der Waals surface area contributed by atoms with Crippen molar-refractivity contribution < 1.29 is 19.1 Å². The van der Waals surface area contributed by atoms with Crippen LogP contribution in [-0.4, -0.2) is 28.4 Å². The number of rotatable bonds is 4. The minimum absolute atomic E-state index is 0.0168. The summed E-state index contributed by atoms with van der Waals surface area (Å²) in [6.07, 6.45) is 1.72. The Kier molecular flexibility index (Phi) is 4.76. The number of benzene rings is 1. The number of likely N-dealkylation sites (tertiary alicyclic amines) is 1. The lowest BCUT2D eigenvalue weighted by Crippen LogP contribution is -2.28. The molecule has 0 aliphatic carbocycles. The second-order valence-corrected chi connectivity index (χ2v) is 7.73. The number of nitrogens with one attached hydrogen (secondary N) is 1. The van der Waals surface area contributed by atoms with E-state index in [1.807, 2.05) is 6.07 Å². The van der Waals surface area contributed by atoms with Crippen LogP contribution in [-0.2, 0) is 21.5 Å². The molecular weight excluding hydrogens is 332 g/mol. The van der Waals surface area contributed by atoms with Crippen molar-refractivity contribution in [2.75, 3.05) is 11.9 Å². The van der Waals surface area contributed by atoms with Gasteiger partial charge in [-0.3, -0.25) is 9.59 Å². The molecule has 1 aromatic carbocycles. The molecule has 2 amide bonds. The number of phenols is 1. The van der Waals surface area contributed by atoms with Crippen LogP contribution in [0.1, 0.15) is 38.5 Å². The van der Waals surface area contributed by atoms with Gasteiger partial charge in [-0.15, -0.1) is 0 Å². The van der Waals surface area contributed by atoms with Crippen LogP contribution in [0.15, 0.2) is 41.0 Å². The molecule has 2 N–H and O–H groups in total. The summed E-state index contributed by atoms with van der Waals surface area (Å²) in [7, 11) is 0. The van der Waals surface area contributed by atoms with Gasteiger partial charge in [0.1, 0.15) is 11.5 Å². The molecule has 26 heavy (non-hydrogen) atoms. The standard InChI is InChI=1S/C20H24N2O4/c1-20(2,3)14-6-7-17(23)16(10-14)21-19(25)13-9-18(24)22(11-13)12-15-5-4-8-26-15/h4-8,10,13,23H,9,11-12H2,1-3H3,(H,21,25). The monoisotopic (exact) mass is 356 g/mol. The molecule has 1 aliphatic heterocycles. The van der Waals surface area contributed by atoms with Crippen molar-refractivity contribution in [3.05, 3.63) is 47.9 Å². The highest BCUT2D eigenvalue weighted by Gasteiger charge is 2.35. The Labute approximate surface area is 152 Å². The molecule has 0 bridgehead atoms. The maximum Gasteiger partial charge on any atom is 0.229 e. The first-order chi connectivity index (χ1) is 12.2. The number of nitrogens with zero attached hydrogens (tertiary/aromatic N) is 1. The molecule has 1 fully saturated rings. The predicted octanol–water partition coefficient (Wildman–Crippen LogP) is 3.27. The average Bonchev–Trinajstić information content (AvgIpc) is 3.19. The number of carbonyl (C=O) groups is 2. The maximum absolute atomic E-state index is 12.6. The van der Waals surface area contributed by atoms with Crippen molar-refractivity contribution in [2.24, 2.45) is 5.92 Å². The summed E-state index contributed by atoms with van der Waals surface area (Å²) < 4.78 is 5.27. The lowest BCUT2D eigenvalue weighted by atomic mass is 9.87. The van der Waals surface area contributed by atoms with E-state index in [2.05, 4.69) is 26.1 Å². The highest BCUT2D eigenvalue weighted by Crippen LogP contribution is 2.31. The van der Waals surface area contributed by atoms with Gasteiger partial charge in [0.2, 0.25) is 11.8 Å². The summed E-state index contributed by atoms with van der Waals surface area (Å²) in [4.78, 5) is 26.4. The fourth-order valence-electron chi connectivity index (χ4n) is 3.03. The molecule has 1 saturated heterocycles. The number of aromatic hydroxyl groups is 1. The molecular formula is C20H24N2O4. The molecule has 2 heterocycles. The zero-order valence-corrected chi connectivity index (χ0v) is 15.3. The Bertz CT molecular complexity index is 806. The van der Waals surface area contributed by atoms with Gasteiger partial charge in [0, 0.05) is 13.0 Å². The summed E-state index contributed by atoms with van der Waals surface area (Å²) in [6.45, 7) is 6.89. The molecule has 1 aromatic heterocycles. The Balaban J connectivity index is 1.68. The average molecular weight is 356 g/mol. The van der Waals surface area contributed by atoms with Crippen LogP contribution >= 0.6 is 0 Å². The van der Waals surface area contributed by atoms with E-state index < -0.39 is 5.92 Å². The quantitative estimate of drug-likeness (QED) is 0.824. The van der Waals surface area contributed by atoms with E-state index in [4.69, 9.17) is 4.42 Å². The molecule has 3 rings (SSSR count). The number of carbonyl (C=O) groups excluding carboxylic acids is 2. The third-order valence-electron chi connectivity index (χ3n) is 4.63. The van der Waals surface area contributed by atoms with Crippen molar-refractivity contribution in [1.82, 2.24) is 4.90 Å². The van der Waals surface area contributed by atoms with Crippen molar-refractivity contribution in [3.8, 4) is 5.75 Å². The van der Waals surface area contributed by atoms with Crippen LogP contribution < -0.4 is 5.32 Å². The molecule has 2 aromatic rings. The van der Waals surface area contributed by atoms with E-state index in [0.717, 1.165) is 5.56 Å². The van der Waals surface area contributed by atoms with E-state index >= 15 is 0 Å². The van der Waals surface area contributed by atoms with E-state index in [1.54, 1.807) is 35.4 Å². The molecule has 6 heteroatoms. The zero-order valence-electron chi connectivity index (χ0n) is 15.3. The van der Waals surface area contributed by atoms with Gasteiger partial charge in [0.15, 0.2) is 0 Å². The second-order valence-electron chi connectivity index (χ2n) is 7.73. The predicted molar refractivity (Wildman–Crippen MR) is 97.7 cm³/mol. The topological polar surface area (TPSA) is 82.8 Å². The third kappa shape index (κ3) is 3.90. The minimum Gasteiger partial charge on any atom is -0.506 e. The number of hydrogen-bond donors (Lipinski definition) is 2. The van der Waals surface area contributed by atoms with Crippen molar-refractivity contribution in [1.29, 1.82) is 0 Å². The van der Waals surface area contributed by atoms with Crippen molar-refractivity contribution >= 4 is 17.5 Å². The number of hydrogen-bond acceptors (Lipinski definition) is 4. The molecule has 1 unspecified atom stereocenters. The van der Waals surface area contributed by atoms with Crippen LogP contribution in [0.3, 0.4) is 0 Å². The van der Waals surface area contributed by atoms with Gasteiger partial charge in [-0.2, -0.15) is 0 Å². The summed E-state index contributed by atoms with van der Waals surface area (Å²) in [5.74, 6) is -0.0796. The largest absolute Gasteiger partial charge is 0.506 e. The van der Waals surface area contributed by atoms with E-state index in [-0.39, 0.29) is 29.4 Å². The van der Waals surface area contributed by atoms with E-state index in [1.165, 1.54) is 0 Å². The Morgan fingerprint density at radius 3 is 2.77 bits per heavy atom. The minimum atomic E-state index is -0.449. The Morgan fingerprint density at radius 1 is 1.35 bits per heavy atom. The second kappa shape index (κ2) is 6.86. The fourth-order valence-corrected chi connectivity index (χ4v) is 3.03. The van der Waals surface area contributed by atoms with Gasteiger partial charge in [0.25, 0.3) is 0 Å². The number of furan rings is 1. The number of anilines is 1. The van der Waals surface area contributed by atoms with Crippen molar-refractivity contribution in [2.45, 2.75) is 39.2 Å². The smallest absolute Gasteiger partial charge is 0.229 e. The van der Waals surface area contributed by atoms with Crippen LogP contribution in [0, 0.1) is 5.92 Å². The summed E-state index contributed by atoms with van der Waals surface area (Å²) in [6, 6.07) is 8.78. The third-order valence-corrected chi connectivity index (χ3v) is 4.63. The molecule has 6 nitrogen and oxygen atoms in total. The van der Waals surface area contributed by atoms with Crippen LogP contribution in [0.25, 0.3) is 0 Å². The number of amides is 2. The first-order valence-corrected chi connectivity index (χ1v) is 8.68. The van der Waals surface area contributed by atoms with Gasteiger partial charge >= 0.3 is 0 Å². The van der Waals surface area contributed by atoms with Crippen LogP contribution in [0.5, 0.6) is 5.75 Å². The molecule has 0 radical (unpaired) electrons. The van der Waals surface area contributed by atoms with Gasteiger partial charge in [0.05, 0.1) is 24.4 Å². The summed E-state index contributed by atoms with van der Waals surface area (Å²) in [5, 5.41) is 12.8. The first-order valence-electron chi connectivity index (χ1n) is 8.68. The van der Waals surface area contributed by atoms with Gasteiger partial charge in [-0.25, -0.2) is 0 Å². The van der Waals surface area contributed by atoms with E-state index in [0.29, 0.717) is 24.5 Å². The van der Waals surface area contributed by atoms with Gasteiger partial charge < -0.3 is 19.7 Å². The normalized spacial score (nSPS) is 17.6. The van der Waals surface area contributed by atoms with E-state index in [9.17, 15) is 14.7 Å². The lowest BCUT2D eigenvalue weighted by Gasteiger charge is -2.21. The summed E-state index contributed by atoms with van der Waals surface area (Å²) >= 11 is 0. The lowest BCUT2D eigenvalue weighted by molar-refractivity contribution is -0.128. The van der Waals surface area contributed by atoms with Crippen molar-refractivity contribution in [3.63, 3.8) is 0 Å². The number of phenolic OH excluding ortho intramolecular Hbond substituents is 1. The molecule has 138 valence electrons. The summed E-state index contributed by atoms with van der Waals surface area (Å²) in [5.41, 5.74) is 1.28.